The van der Waals surface area contributed by atoms with E-state index in [1.54, 1.807) is 7.11 Å². The lowest BCUT2D eigenvalue weighted by atomic mass is 10.0. The molecule has 0 aliphatic heterocycles. The fourth-order valence-corrected chi connectivity index (χ4v) is 1.82. The van der Waals surface area contributed by atoms with Gasteiger partial charge in [-0.25, -0.2) is 0 Å². The van der Waals surface area contributed by atoms with Crippen LogP contribution < -0.4 is 10.1 Å². The summed E-state index contributed by atoms with van der Waals surface area (Å²) in [7, 11) is 1.60. The van der Waals surface area contributed by atoms with Gasteiger partial charge < -0.3 is 10.1 Å². The Hall–Kier alpha value is -1.35. The van der Waals surface area contributed by atoms with E-state index in [0.29, 0.717) is 23.9 Å². The van der Waals surface area contributed by atoms with Gasteiger partial charge in [-0.05, 0) is 31.0 Å². The third-order valence-corrected chi connectivity index (χ3v) is 2.59. The van der Waals surface area contributed by atoms with E-state index in [4.69, 9.17) is 4.74 Å². The second-order valence-electron chi connectivity index (χ2n) is 4.62. The molecule has 0 spiro atoms. The fourth-order valence-electron chi connectivity index (χ4n) is 1.82. The molecule has 3 nitrogen and oxygen atoms in total. The Morgan fingerprint density at radius 3 is 2.53 bits per heavy atom. The predicted molar refractivity (Wildman–Crippen MR) is 69.9 cm³/mol. The zero-order chi connectivity index (χ0) is 13.0. The first-order valence-electron chi connectivity index (χ1n) is 5.87. The van der Waals surface area contributed by atoms with E-state index in [0.717, 1.165) is 11.1 Å². The van der Waals surface area contributed by atoms with Gasteiger partial charge in [-0.1, -0.05) is 19.9 Å². The van der Waals surface area contributed by atoms with Crippen molar-refractivity contribution in [1.29, 1.82) is 0 Å². The SMILES string of the molecule is COc1c(C)cc(C)cc1C(=O)CNC(C)C. The van der Waals surface area contributed by atoms with Crippen LogP contribution in [0.5, 0.6) is 5.75 Å². The van der Waals surface area contributed by atoms with E-state index in [9.17, 15) is 4.79 Å². The molecular formula is C14H21NO2. The number of ether oxygens (including phenoxy) is 1. The van der Waals surface area contributed by atoms with Gasteiger partial charge in [-0.2, -0.15) is 0 Å². The molecule has 1 N–H and O–H groups in total. The first-order chi connectivity index (χ1) is 7.95. The number of Topliss-reactive ketones (excluding diaryl/α,β-unsaturated/α-hetero) is 1. The molecule has 17 heavy (non-hydrogen) atoms. The van der Waals surface area contributed by atoms with Gasteiger partial charge in [0.05, 0.1) is 19.2 Å². The molecule has 0 atom stereocenters. The quantitative estimate of drug-likeness (QED) is 0.797. The van der Waals surface area contributed by atoms with Gasteiger partial charge in [0.2, 0.25) is 0 Å². The highest BCUT2D eigenvalue weighted by atomic mass is 16.5. The molecule has 0 aromatic heterocycles. The van der Waals surface area contributed by atoms with Gasteiger partial charge in [-0.15, -0.1) is 0 Å². The Kier molecular flexibility index (Phi) is 4.70. The van der Waals surface area contributed by atoms with Gasteiger partial charge in [0.25, 0.3) is 0 Å². The van der Waals surface area contributed by atoms with Gasteiger partial charge in [0.1, 0.15) is 5.75 Å². The van der Waals surface area contributed by atoms with Crippen LogP contribution in [0.3, 0.4) is 0 Å². The number of benzene rings is 1. The van der Waals surface area contributed by atoms with Crippen molar-refractivity contribution in [3.63, 3.8) is 0 Å². The molecule has 0 aliphatic carbocycles. The van der Waals surface area contributed by atoms with E-state index in [1.807, 2.05) is 39.8 Å². The summed E-state index contributed by atoms with van der Waals surface area (Å²) in [6.07, 6.45) is 0. The van der Waals surface area contributed by atoms with Crippen LogP contribution in [0.25, 0.3) is 0 Å². The maximum absolute atomic E-state index is 12.1. The number of carbonyl (C=O) groups excluding carboxylic acids is 1. The van der Waals surface area contributed by atoms with Crippen LogP contribution >= 0.6 is 0 Å². The normalized spacial score (nSPS) is 10.7. The molecular weight excluding hydrogens is 214 g/mol. The monoisotopic (exact) mass is 235 g/mol. The summed E-state index contributed by atoms with van der Waals surface area (Å²) in [5.41, 5.74) is 2.75. The van der Waals surface area contributed by atoms with Crippen molar-refractivity contribution in [3.8, 4) is 5.75 Å². The molecule has 0 heterocycles. The third-order valence-electron chi connectivity index (χ3n) is 2.59. The van der Waals surface area contributed by atoms with Crippen LogP contribution in [0, 0.1) is 13.8 Å². The van der Waals surface area contributed by atoms with Crippen molar-refractivity contribution in [2.45, 2.75) is 33.7 Å². The average Bonchev–Trinajstić information content (AvgIpc) is 2.24. The zero-order valence-corrected chi connectivity index (χ0v) is 11.3. The smallest absolute Gasteiger partial charge is 0.180 e. The van der Waals surface area contributed by atoms with Crippen LogP contribution in [-0.4, -0.2) is 25.5 Å². The molecule has 1 aromatic carbocycles. The van der Waals surface area contributed by atoms with Crippen molar-refractivity contribution >= 4 is 5.78 Å². The maximum atomic E-state index is 12.1. The third kappa shape index (κ3) is 3.56. The van der Waals surface area contributed by atoms with Gasteiger partial charge >= 0.3 is 0 Å². The van der Waals surface area contributed by atoms with Crippen molar-refractivity contribution in [1.82, 2.24) is 5.32 Å². The lowest BCUT2D eigenvalue weighted by molar-refractivity contribution is 0.0985. The summed E-state index contributed by atoms with van der Waals surface area (Å²) in [6, 6.07) is 4.21. The standard InChI is InChI=1S/C14H21NO2/c1-9(2)15-8-13(16)12-7-10(3)6-11(4)14(12)17-5/h6-7,9,15H,8H2,1-5H3. The first-order valence-corrected chi connectivity index (χ1v) is 5.87. The second kappa shape index (κ2) is 5.82. The van der Waals surface area contributed by atoms with Crippen LogP contribution in [0.1, 0.15) is 35.3 Å². The Morgan fingerprint density at radius 2 is 2.00 bits per heavy atom. The van der Waals surface area contributed by atoms with Crippen molar-refractivity contribution in [2.75, 3.05) is 13.7 Å². The Bertz CT molecular complexity index is 411. The number of methoxy groups -OCH3 is 1. The minimum atomic E-state index is 0.0716. The topological polar surface area (TPSA) is 38.3 Å². The van der Waals surface area contributed by atoms with E-state index in [-0.39, 0.29) is 5.78 Å². The van der Waals surface area contributed by atoms with Crippen LogP contribution in [0.4, 0.5) is 0 Å². The summed E-state index contributed by atoms with van der Waals surface area (Å²) >= 11 is 0. The van der Waals surface area contributed by atoms with E-state index < -0.39 is 0 Å². The van der Waals surface area contributed by atoms with Crippen molar-refractivity contribution in [3.05, 3.63) is 28.8 Å². The average molecular weight is 235 g/mol. The molecule has 0 unspecified atom stereocenters. The lowest BCUT2D eigenvalue weighted by Gasteiger charge is -2.13. The molecule has 1 aromatic rings. The number of hydrogen-bond donors (Lipinski definition) is 1. The minimum Gasteiger partial charge on any atom is -0.496 e. The summed E-state index contributed by atoms with van der Waals surface area (Å²) in [5, 5.41) is 3.13. The number of nitrogens with one attached hydrogen (secondary N) is 1. The number of carbonyl (C=O) groups is 1. The van der Waals surface area contributed by atoms with Crippen LogP contribution in [0.15, 0.2) is 12.1 Å². The Balaban J connectivity index is 2.99. The molecule has 0 amide bonds. The van der Waals surface area contributed by atoms with E-state index in [1.165, 1.54) is 0 Å². The molecule has 94 valence electrons. The maximum Gasteiger partial charge on any atom is 0.180 e. The van der Waals surface area contributed by atoms with Gasteiger partial charge in [-0.3, -0.25) is 4.79 Å². The highest BCUT2D eigenvalue weighted by Gasteiger charge is 2.14. The lowest BCUT2D eigenvalue weighted by Crippen LogP contribution is -2.29. The van der Waals surface area contributed by atoms with Crippen molar-refractivity contribution in [2.24, 2.45) is 0 Å². The van der Waals surface area contributed by atoms with Gasteiger partial charge in [0.15, 0.2) is 5.78 Å². The van der Waals surface area contributed by atoms with Gasteiger partial charge in [0, 0.05) is 6.04 Å². The minimum absolute atomic E-state index is 0.0716. The van der Waals surface area contributed by atoms with E-state index in [2.05, 4.69) is 5.32 Å². The summed E-state index contributed by atoms with van der Waals surface area (Å²) in [6.45, 7) is 8.33. The molecule has 0 fully saturated rings. The summed E-state index contributed by atoms with van der Waals surface area (Å²) in [5.74, 6) is 0.758. The van der Waals surface area contributed by atoms with Crippen LogP contribution in [-0.2, 0) is 0 Å². The van der Waals surface area contributed by atoms with Crippen LogP contribution in [0.2, 0.25) is 0 Å². The Labute approximate surface area is 103 Å². The predicted octanol–water partition coefficient (Wildman–Crippen LogP) is 2.49. The number of aryl methyl sites for hydroxylation is 2. The molecule has 0 radical (unpaired) electrons. The zero-order valence-electron chi connectivity index (χ0n) is 11.3. The highest BCUT2D eigenvalue weighted by molar-refractivity contribution is 6.00. The first kappa shape index (κ1) is 13.7. The van der Waals surface area contributed by atoms with E-state index >= 15 is 0 Å². The Morgan fingerprint density at radius 1 is 1.35 bits per heavy atom. The molecule has 3 heteroatoms. The summed E-state index contributed by atoms with van der Waals surface area (Å²) in [4.78, 5) is 12.1. The summed E-state index contributed by atoms with van der Waals surface area (Å²) < 4.78 is 5.31. The number of rotatable bonds is 5. The number of hydrogen-bond acceptors (Lipinski definition) is 3. The largest absolute Gasteiger partial charge is 0.496 e. The number of ketones is 1. The molecule has 1 rings (SSSR count). The highest BCUT2D eigenvalue weighted by Crippen LogP contribution is 2.25. The fraction of sp³-hybridized carbons (Fsp3) is 0.500. The molecule has 0 saturated heterocycles. The molecule has 0 bridgehead atoms. The molecule has 0 aliphatic rings. The molecule has 0 saturated carbocycles. The second-order valence-corrected chi connectivity index (χ2v) is 4.62. The van der Waals surface area contributed by atoms with Crippen molar-refractivity contribution < 1.29 is 9.53 Å².